The predicted octanol–water partition coefficient (Wildman–Crippen LogP) is 17.5. The van der Waals surface area contributed by atoms with Crippen LogP contribution < -0.4 is 0 Å². The Morgan fingerprint density at radius 1 is 0.481 bits per heavy atom. The second-order valence-electron chi connectivity index (χ2n) is 10.2. The molecule has 0 aromatic heterocycles. The van der Waals surface area contributed by atoms with E-state index in [1.165, 1.54) is 42.1 Å². The van der Waals surface area contributed by atoms with E-state index < -0.39 is 0 Å². The van der Waals surface area contributed by atoms with Gasteiger partial charge in [0.15, 0.2) is 0 Å². The van der Waals surface area contributed by atoms with Gasteiger partial charge in [0.05, 0.1) is 0 Å². The minimum Gasteiger partial charge on any atom is -0.507 e. The summed E-state index contributed by atoms with van der Waals surface area (Å²) in [6.07, 6.45) is 16.4. The van der Waals surface area contributed by atoms with Gasteiger partial charge in [-0.05, 0) is 40.2 Å². The maximum Gasteiger partial charge on any atom is 0.0444 e. The van der Waals surface area contributed by atoms with Crippen molar-refractivity contribution >= 4 is 113 Å². The zero-order chi connectivity index (χ0) is 38.7. The first-order chi connectivity index (χ1) is 21.1. The molecule has 0 rings (SSSR count). The summed E-state index contributed by atoms with van der Waals surface area (Å²) >= 11 is 25.7. The summed E-state index contributed by atoms with van der Waals surface area (Å²) in [5.41, 5.74) is 0. The zero-order valence-electron chi connectivity index (χ0n) is 37.5. The molecule has 0 saturated carbocycles. The Bertz CT molecular complexity index is 621. The van der Waals surface area contributed by atoms with Crippen molar-refractivity contribution in [1.82, 2.24) is 0 Å². The number of thioether (sulfide) groups is 4. The summed E-state index contributed by atoms with van der Waals surface area (Å²) in [5.74, 6) is 4.61. The van der Waals surface area contributed by atoms with Crippen LogP contribution in [0.4, 0.5) is 0 Å². The predicted molar refractivity (Wildman–Crippen MR) is 257 cm³/mol. The van der Waals surface area contributed by atoms with E-state index in [1.807, 2.05) is 40.2 Å². The monoisotopic (exact) mass is 1420 g/mol. The van der Waals surface area contributed by atoms with E-state index in [-0.39, 0.29) is 236 Å². The van der Waals surface area contributed by atoms with Crippen molar-refractivity contribution in [2.45, 2.75) is 164 Å². The molecule has 15 heteroatoms. The average Bonchev–Trinajstić information content (AvgIpc) is 2.94. The summed E-state index contributed by atoms with van der Waals surface area (Å²) in [6.45, 7) is 41.5. The van der Waals surface area contributed by atoms with Crippen molar-refractivity contribution < 1.29 is 229 Å². The van der Waals surface area contributed by atoms with Gasteiger partial charge in [0.1, 0.15) is 0 Å². The molecule has 0 aliphatic carbocycles. The van der Waals surface area contributed by atoms with Gasteiger partial charge in [0.2, 0.25) is 0 Å². The first kappa shape index (κ1) is 110. The average molecular weight is 1420 g/mol. The molecule has 0 saturated heterocycles. The van der Waals surface area contributed by atoms with Crippen LogP contribution in [0.15, 0.2) is 13.2 Å². The second-order valence-corrected chi connectivity index (χ2v) is 18.8. The summed E-state index contributed by atoms with van der Waals surface area (Å²) in [7, 11) is 0. The third kappa shape index (κ3) is 202. The number of allylic oxidation sites excluding steroid dienone is 2. The van der Waals surface area contributed by atoms with Crippen LogP contribution in [0.25, 0.3) is 0 Å². The fraction of sp³-hybridized carbons (Fsp3) is 0.667. The molecule has 309 valence electrons. The first-order valence-corrected chi connectivity index (χ1v) is 21.2. The fourth-order valence-corrected chi connectivity index (χ4v) is 3.55. The van der Waals surface area contributed by atoms with Crippen LogP contribution in [-0.2, 0) is 229 Å². The van der Waals surface area contributed by atoms with Gasteiger partial charge in [-0.2, -0.15) is 101 Å². The molecule has 0 amide bonds. The minimum atomic E-state index is 0. The van der Waals surface area contributed by atoms with Crippen LogP contribution in [0.1, 0.15) is 164 Å². The largest absolute Gasteiger partial charge is 0.507 e. The Labute approximate surface area is 559 Å². The molecule has 7 radical (unpaired) electrons. The molecule has 0 atom stereocenters. The van der Waals surface area contributed by atoms with Gasteiger partial charge in [-0.15, -0.1) is 29.9 Å². The van der Waals surface area contributed by atoms with Crippen LogP contribution in [0.5, 0.6) is 0 Å². The Hall–Kier alpha value is 8.97. The summed E-state index contributed by atoms with van der Waals surface area (Å²) in [5, 5.41) is 2.80. The number of thiocarbonyl (C=S) groups is 4. The van der Waals surface area contributed by atoms with E-state index in [9.17, 15) is 0 Å². The molecule has 0 aliphatic heterocycles. The standard InChI is InChI=1S/C9H18.2C6H11S2.C5H11.2C3H6S2.2C3H5.CH4.7Y/c1-8(2)6-5-7-9(3)4;2*1-4-5(2)8-6(3)7;1-4-5(2)3;2*1-3(4)5-2;2*1-3-2;;;;;;;;/h5-7H2,1-4H3;2*4H2,1-3H3;4H2,1-3H3;2*1-2H3;2*1H2,2H3;1H4;;;;;;;/q-2;3*-1;;;2*-1;;;;;;;;. The molecule has 0 aromatic rings. The van der Waals surface area contributed by atoms with Gasteiger partial charge in [-0.3, -0.25) is 23.7 Å². The molecule has 0 heterocycles. The maximum atomic E-state index is 4.88. The summed E-state index contributed by atoms with van der Waals surface area (Å²) < 4.78 is 4.05. The van der Waals surface area contributed by atoms with Crippen molar-refractivity contribution in [2.24, 2.45) is 0 Å². The normalized spacial score (nSPS) is 7.63. The van der Waals surface area contributed by atoms with Crippen LogP contribution >= 0.6 is 95.9 Å². The molecule has 0 nitrogen and oxygen atoms in total. The minimum absolute atomic E-state index is 0. The van der Waals surface area contributed by atoms with Crippen LogP contribution in [0.2, 0.25) is 0 Å². The van der Waals surface area contributed by atoms with E-state index in [0.29, 0.717) is 0 Å². The molecular formula is C39H77S8Y7-7. The van der Waals surface area contributed by atoms with E-state index in [0.717, 1.165) is 29.6 Å². The Morgan fingerprint density at radius 2 is 0.648 bits per heavy atom. The fourth-order valence-electron chi connectivity index (χ4n) is 1.43. The van der Waals surface area contributed by atoms with Crippen LogP contribution in [0, 0.1) is 40.4 Å². The van der Waals surface area contributed by atoms with E-state index >= 15 is 0 Å². The van der Waals surface area contributed by atoms with Gasteiger partial charge in [0.25, 0.3) is 0 Å². The first-order valence-electron chi connectivity index (χ1n) is 15.5. The van der Waals surface area contributed by atoms with Gasteiger partial charge in [0, 0.05) is 246 Å². The Kier molecular flexibility index (Phi) is 203. The number of hydrogen-bond donors (Lipinski definition) is 0. The summed E-state index contributed by atoms with van der Waals surface area (Å²) in [6, 6.07) is 0. The van der Waals surface area contributed by atoms with Gasteiger partial charge >= 0.3 is 0 Å². The summed E-state index contributed by atoms with van der Waals surface area (Å²) in [4.78, 5) is 0. The topological polar surface area (TPSA) is 0 Å². The molecule has 0 aliphatic rings. The zero-order valence-corrected chi connectivity index (χ0v) is 63.9. The molecular weight excluding hydrogens is 1350 g/mol. The third-order valence-electron chi connectivity index (χ3n) is 4.27. The van der Waals surface area contributed by atoms with Crippen molar-refractivity contribution in [2.75, 3.05) is 12.5 Å². The Morgan fingerprint density at radius 3 is 0.704 bits per heavy atom. The number of hydrogen-bond acceptors (Lipinski definition) is 8. The van der Waals surface area contributed by atoms with Gasteiger partial charge in [-0.25, -0.2) is 0 Å². The molecule has 0 bridgehead atoms. The van der Waals surface area contributed by atoms with Crippen molar-refractivity contribution in [1.29, 1.82) is 0 Å². The van der Waals surface area contributed by atoms with E-state index in [2.05, 4.69) is 126 Å². The van der Waals surface area contributed by atoms with Crippen molar-refractivity contribution in [3.8, 4) is 0 Å². The van der Waals surface area contributed by atoms with E-state index in [4.69, 9.17) is 24.4 Å². The van der Waals surface area contributed by atoms with E-state index in [1.54, 1.807) is 72.7 Å². The Balaban J connectivity index is -0.0000000219. The van der Waals surface area contributed by atoms with Crippen LogP contribution in [0.3, 0.4) is 0 Å². The smallest absolute Gasteiger partial charge is 0.0444 e. The molecule has 0 aromatic carbocycles. The molecule has 0 spiro atoms. The van der Waals surface area contributed by atoms with Crippen molar-refractivity contribution in [3.63, 3.8) is 0 Å². The third-order valence-corrected chi connectivity index (χ3v) is 8.77. The number of rotatable bonds is 9. The second kappa shape index (κ2) is 100. The van der Waals surface area contributed by atoms with Crippen molar-refractivity contribution in [3.05, 3.63) is 53.6 Å². The quantitative estimate of drug-likeness (QED) is 0.163. The maximum absolute atomic E-state index is 4.88. The van der Waals surface area contributed by atoms with Gasteiger partial charge in [-0.1, -0.05) is 77.1 Å². The molecule has 0 fully saturated rings. The molecule has 0 N–H and O–H groups in total. The van der Waals surface area contributed by atoms with Crippen LogP contribution in [-0.4, -0.2) is 29.3 Å². The van der Waals surface area contributed by atoms with Gasteiger partial charge < -0.3 is 53.4 Å². The molecule has 0 unspecified atom stereocenters. The molecule has 54 heavy (non-hydrogen) atoms. The SMILES string of the molecule is C.C=[C-]C.C=[C-]C.CC[C-](C)C.CC[C-](C)SC(C)=S.CC[C-](C)SC(C)=S.CSC(C)=S.CSC(C)=S.C[C-](C)CCC[C-](C)C.[Y].[Y].[Y].[Y].[Y].[Y].[Y].